The predicted molar refractivity (Wildman–Crippen MR) is 80.2 cm³/mol. The van der Waals surface area contributed by atoms with E-state index in [1.54, 1.807) is 6.07 Å². The molecule has 0 spiro atoms. The lowest BCUT2D eigenvalue weighted by Crippen LogP contribution is -2.39. The SMILES string of the molecule is CCC(CC)c1cc(C(=O)N2CCCC2CN)on1.Cl. The van der Waals surface area contributed by atoms with E-state index in [2.05, 4.69) is 19.0 Å². The second-order valence-electron chi connectivity index (χ2n) is 5.16. The van der Waals surface area contributed by atoms with Gasteiger partial charge in [-0.3, -0.25) is 4.79 Å². The molecule has 0 aliphatic carbocycles. The molecular weight excluding hydrogens is 278 g/mol. The zero-order chi connectivity index (χ0) is 13.8. The summed E-state index contributed by atoms with van der Waals surface area (Å²) in [6.07, 6.45) is 4.01. The first-order valence-corrected chi connectivity index (χ1v) is 7.18. The molecule has 1 aliphatic heterocycles. The number of carbonyl (C=O) groups excluding carboxylic acids is 1. The van der Waals surface area contributed by atoms with Crippen LogP contribution in [0.5, 0.6) is 0 Å². The number of amides is 1. The Labute approximate surface area is 126 Å². The summed E-state index contributed by atoms with van der Waals surface area (Å²) >= 11 is 0. The maximum absolute atomic E-state index is 12.4. The number of aromatic nitrogens is 1. The predicted octanol–water partition coefficient (Wildman–Crippen LogP) is 2.56. The van der Waals surface area contributed by atoms with Crippen molar-refractivity contribution in [1.29, 1.82) is 0 Å². The van der Waals surface area contributed by atoms with Crippen molar-refractivity contribution in [2.24, 2.45) is 5.73 Å². The molecule has 1 amide bonds. The molecule has 1 saturated heterocycles. The summed E-state index contributed by atoms with van der Waals surface area (Å²) in [7, 11) is 0. The molecule has 1 aromatic rings. The van der Waals surface area contributed by atoms with Crippen molar-refractivity contribution in [2.45, 2.75) is 51.5 Å². The smallest absolute Gasteiger partial charge is 0.292 e. The minimum Gasteiger partial charge on any atom is -0.351 e. The van der Waals surface area contributed by atoms with Crippen LogP contribution in [0.4, 0.5) is 0 Å². The van der Waals surface area contributed by atoms with E-state index in [9.17, 15) is 4.79 Å². The first-order chi connectivity index (χ1) is 9.21. The van der Waals surface area contributed by atoms with Crippen LogP contribution in [0.3, 0.4) is 0 Å². The minimum atomic E-state index is -0.0716. The summed E-state index contributed by atoms with van der Waals surface area (Å²) in [6.45, 7) is 5.52. The molecule has 20 heavy (non-hydrogen) atoms. The van der Waals surface area contributed by atoms with Crippen LogP contribution in [-0.4, -0.2) is 35.1 Å². The molecule has 1 aliphatic rings. The third kappa shape index (κ3) is 3.33. The van der Waals surface area contributed by atoms with E-state index in [1.165, 1.54) is 0 Å². The van der Waals surface area contributed by atoms with Gasteiger partial charge in [0.1, 0.15) is 0 Å². The summed E-state index contributed by atoms with van der Waals surface area (Å²) in [5.41, 5.74) is 6.58. The monoisotopic (exact) mass is 301 g/mol. The Morgan fingerprint density at radius 2 is 2.25 bits per heavy atom. The van der Waals surface area contributed by atoms with E-state index < -0.39 is 0 Å². The Kier molecular flexibility index (Phi) is 6.49. The summed E-state index contributed by atoms with van der Waals surface area (Å²) in [6, 6.07) is 1.94. The number of hydrogen-bond acceptors (Lipinski definition) is 4. The lowest BCUT2D eigenvalue weighted by atomic mass is 9.99. The van der Waals surface area contributed by atoms with Crippen LogP contribution in [0.1, 0.15) is 61.7 Å². The highest BCUT2D eigenvalue weighted by atomic mass is 35.5. The highest BCUT2D eigenvalue weighted by Crippen LogP contribution is 2.24. The fourth-order valence-electron chi connectivity index (χ4n) is 2.78. The second-order valence-corrected chi connectivity index (χ2v) is 5.16. The van der Waals surface area contributed by atoms with Gasteiger partial charge >= 0.3 is 0 Å². The average Bonchev–Trinajstić information content (AvgIpc) is 3.08. The van der Waals surface area contributed by atoms with Crippen molar-refractivity contribution in [1.82, 2.24) is 10.1 Å². The molecule has 1 unspecified atom stereocenters. The normalized spacial score (nSPS) is 18.4. The molecule has 6 heteroatoms. The zero-order valence-electron chi connectivity index (χ0n) is 12.2. The highest BCUT2D eigenvalue weighted by molar-refractivity contribution is 5.92. The van der Waals surface area contributed by atoms with E-state index in [1.807, 2.05) is 4.90 Å². The molecule has 2 N–H and O–H groups in total. The Hall–Kier alpha value is -1.07. The van der Waals surface area contributed by atoms with Crippen molar-refractivity contribution in [2.75, 3.05) is 13.1 Å². The van der Waals surface area contributed by atoms with Crippen LogP contribution in [0.15, 0.2) is 10.6 Å². The van der Waals surface area contributed by atoms with Crippen LogP contribution in [-0.2, 0) is 0 Å². The Bertz CT molecular complexity index is 432. The van der Waals surface area contributed by atoms with Crippen molar-refractivity contribution in [3.63, 3.8) is 0 Å². The fraction of sp³-hybridized carbons (Fsp3) is 0.714. The van der Waals surface area contributed by atoms with Gasteiger partial charge in [-0.2, -0.15) is 0 Å². The van der Waals surface area contributed by atoms with Crippen LogP contribution in [0, 0.1) is 0 Å². The van der Waals surface area contributed by atoms with Crippen molar-refractivity contribution < 1.29 is 9.32 Å². The number of likely N-dealkylation sites (tertiary alicyclic amines) is 1. The number of carbonyl (C=O) groups is 1. The van der Waals surface area contributed by atoms with Gasteiger partial charge in [0, 0.05) is 31.1 Å². The first-order valence-electron chi connectivity index (χ1n) is 7.18. The Morgan fingerprint density at radius 1 is 1.55 bits per heavy atom. The summed E-state index contributed by atoms with van der Waals surface area (Å²) < 4.78 is 5.23. The number of rotatable bonds is 5. The highest BCUT2D eigenvalue weighted by Gasteiger charge is 2.30. The molecular formula is C14H24ClN3O2. The number of hydrogen-bond donors (Lipinski definition) is 1. The van der Waals surface area contributed by atoms with E-state index in [4.69, 9.17) is 10.3 Å². The molecule has 2 heterocycles. The van der Waals surface area contributed by atoms with E-state index in [0.29, 0.717) is 18.2 Å². The van der Waals surface area contributed by atoms with Crippen LogP contribution in [0.2, 0.25) is 0 Å². The van der Waals surface area contributed by atoms with Crippen molar-refractivity contribution >= 4 is 18.3 Å². The molecule has 1 aromatic heterocycles. The van der Waals surface area contributed by atoms with E-state index in [0.717, 1.165) is 37.9 Å². The molecule has 2 rings (SSSR count). The number of halogens is 1. The van der Waals surface area contributed by atoms with Gasteiger partial charge in [-0.1, -0.05) is 19.0 Å². The van der Waals surface area contributed by atoms with Crippen LogP contribution < -0.4 is 5.73 Å². The van der Waals surface area contributed by atoms with Crippen LogP contribution in [0.25, 0.3) is 0 Å². The van der Waals surface area contributed by atoms with Gasteiger partial charge in [0.25, 0.3) is 5.91 Å². The molecule has 0 radical (unpaired) electrons. The van der Waals surface area contributed by atoms with Gasteiger partial charge in [0.05, 0.1) is 5.69 Å². The molecule has 0 saturated carbocycles. The van der Waals surface area contributed by atoms with Gasteiger partial charge in [0.2, 0.25) is 5.76 Å². The van der Waals surface area contributed by atoms with Crippen molar-refractivity contribution in [3.05, 3.63) is 17.5 Å². The van der Waals surface area contributed by atoms with Gasteiger partial charge < -0.3 is 15.2 Å². The maximum Gasteiger partial charge on any atom is 0.292 e. The van der Waals surface area contributed by atoms with Gasteiger partial charge in [-0.25, -0.2) is 0 Å². The van der Waals surface area contributed by atoms with Gasteiger partial charge in [0.15, 0.2) is 0 Å². The Balaban J connectivity index is 0.00000200. The summed E-state index contributed by atoms with van der Waals surface area (Å²) in [4.78, 5) is 14.2. The van der Waals surface area contributed by atoms with E-state index >= 15 is 0 Å². The lowest BCUT2D eigenvalue weighted by molar-refractivity contribution is 0.0699. The third-order valence-electron chi connectivity index (χ3n) is 4.05. The largest absolute Gasteiger partial charge is 0.351 e. The summed E-state index contributed by atoms with van der Waals surface area (Å²) in [5.74, 6) is 0.647. The topological polar surface area (TPSA) is 72.4 Å². The average molecular weight is 302 g/mol. The third-order valence-corrected chi connectivity index (χ3v) is 4.05. The molecule has 1 fully saturated rings. The van der Waals surface area contributed by atoms with Gasteiger partial charge in [-0.05, 0) is 25.7 Å². The minimum absolute atomic E-state index is 0. The molecule has 114 valence electrons. The molecule has 1 atom stereocenters. The Morgan fingerprint density at radius 3 is 2.85 bits per heavy atom. The second kappa shape index (κ2) is 7.64. The lowest BCUT2D eigenvalue weighted by Gasteiger charge is -2.21. The van der Waals surface area contributed by atoms with Crippen LogP contribution >= 0.6 is 12.4 Å². The standard InChI is InChI=1S/C14H23N3O2.ClH/c1-3-10(4-2)12-8-13(19-16-12)14(18)17-7-5-6-11(17)9-15;/h8,10-11H,3-7,9,15H2,1-2H3;1H. The number of nitrogens with two attached hydrogens (primary N) is 1. The summed E-state index contributed by atoms with van der Waals surface area (Å²) in [5, 5.41) is 4.05. The molecule has 5 nitrogen and oxygen atoms in total. The van der Waals surface area contributed by atoms with E-state index in [-0.39, 0.29) is 24.4 Å². The van der Waals surface area contributed by atoms with Crippen molar-refractivity contribution in [3.8, 4) is 0 Å². The first kappa shape index (κ1) is 17.0. The molecule has 0 aromatic carbocycles. The number of nitrogens with zero attached hydrogens (tertiary/aromatic N) is 2. The quantitative estimate of drug-likeness (QED) is 0.907. The fourth-order valence-corrected chi connectivity index (χ4v) is 2.78. The van der Waals surface area contributed by atoms with Gasteiger partial charge in [-0.15, -0.1) is 12.4 Å². The zero-order valence-corrected chi connectivity index (χ0v) is 13.0. The molecule has 0 bridgehead atoms. The maximum atomic E-state index is 12.4.